The van der Waals surface area contributed by atoms with E-state index in [0.717, 1.165) is 66.0 Å². The van der Waals surface area contributed by atoms with Crippen molar-refractivity contribution in [2.45, 2.75) is 78.2 Å². The van der Waals surface area contributed by atoms with Gasteiger partial charge in [0.1, 0.15) is 23.7 Å². The van der Waals surface area contributed by atoms with Crippen LogP contribution in [0.3, 0.4) is 0 Å². The van der Waals surface area contributed by atoms with E-state index in [2.05, 4.69) is 54.8 Å². The van der Waals surface area contributed by atoms with Crippen molar-refractivity contribution in [1.82, 2.24) is 14.5 Å². The van der Waals surface area contributed by atoms with Crippen molar-refractivity contribution in [3.8, 4) is 16.9 Å². The molecule has 1 fully saturated rings. The number of aryl methyl sites for hydroxylation is 1. The number of urea groups is 1. The Morgan fingerprint density at radius 1 is 0.936 bits per heavy atom. The smallest absolute Gasteiger partial charge is 0.323 e. The summed E-state index contributed by atoms with van der Waals surface area (Å²) in [6.45, 7) is 16.4. The van der Waals surface area contributed by atoms with Gasteiger partial charge < -0.3 is 15.4 Å². The summed E-state index contributed by atoms with van der Waals surface area (Å²) < 4.78 is 7.89. The second-order valence-electron chi connectivity index (χ2n) is 13.0. The number of carbonyl (C=O) groups excluding carboxylic acids is 1. The van der Waals surface area contributed by atoms with Gasteiger partial charge in [0.05, 0.1) is 0 Å². The molecule has 5 rings (SSSR count). The molecule has 0 bridgehead atoms. The van der Waals surface area contributed by atoms with Crippen molar-refractivity contribution in [3.63, 3.8) is 0 Å². The van der Waals surface area contributed by atoms with Crippen molar-refractivity contribution in [2.75, 3.05) is 36.9 Å². The molecule has 0 radical (unpaired) electrons. The van der Waals surface area contributed by atoms with Crippen molar-refractivity contribution in [2.24, 2.45) is 0 Å². The van der Waals surface area contributed by atoms with Crippen LogP contribution in [0, 0.1) is 0 Å². The fraction of sp³-hybridized carbons (Fsp3) is 0.410. The van der Waals surface area contributed by atoms with Crippen molar-refractivity contribution in [1.29, 1.82) is 0 Å². The molecule has 4 aromatic rings. The van der Waals surface area contributed by atoms with Crippen LogP contribution >= 0.6 is 0 Å². The van der Waals surface area contributed by atoms with E-state index < -0.39 is 6.03 Å². The van der Waals surface area contributed by atoms with E-state index in [1.807, 2.05) is 60.7 Å². The Morgan fingerprint density at radius 2 is 1.64 bits per heavy atom. The zero-order valence-corrected chi connectivity index (χ0v) is 28.4. The summed E-state index contributed by atoms with van der Waals surface area (Å²) in [5.41, 5.74) is 4.76. The van der Waals surface area contributed by atoms with Gasteiger partial charge in [0.2, 0.25) is 0 Å². The van der Waals surface area contributed by atoms with Gasteiger partial charge in [-0.3, -0.25) is 14.3 Å². The van der Waals surface area contributed by atoms with Crippen LogP contribution < -0.4 is 20.9 Å². The molecule has 0 spiro atoms. The van der Waals surface area contributed by atoms with Crippen molar-refractivity contribution >= 4 is 28.4 Å². The molecule has 1 saturated heterocycles. The number of anilines is 2. The average Bonchev–Trinajstić information content (AvgIpc) is 3.07. The maximum atomic E-state index is 14.4. The molecule has 1 aliphatic rings. The molecule has 1 aliphatic heterocycles. The first kappa shape index (κ1) is 33.9. The third kappa shape index (κ3) is 8.11. The molecule has 0 atom stereocenters. The number of nitrogens with zero attached hydrogens (tertiary/aromatic N) is 3. The quantitative estimate of drug-likeness (QED) is 0.113. The highest BCUT2D eigenvalue weighted by molar-refractivity contribution is 6.07. The largest absolute Gasteiger partial charge is 0.492 e. The van der Waals surface area contributed by atoms with Gasteiger partial charge in [0.15, 0.2) is 0 Å². The number of para-hydroxylation sites is 1. The maximum absolute atomic E-state index is 14.4. The number of fused-ring (bicyclic) bond motifs is 1. The molecular formula is C39H49N5O3. The number of rotatable bonds is 13. The number of pyridine rings is 2. The van der Waals surface area contributed by atoms with Crippen LogP contribution in [0.2, 0.25) is 0 Å². The standard InChI is InChI=1S/C39H49N5O3/c1-6-7-9-23-44-37-33(19-14-20-40-37)34(29-15-12-16-30(26-29)47-25-24-43-21-10-8-11-22-43)36(38(44)45)42-39(46)41-35-31(27(2)3)17-13-18-32(35)28(4)5/h6,12-20,26-28H,1,7-11,21-25H2,2-5H3,(H2,41,42,46). The molecular weight excluding hydrogens is 586 g/mol. The summed E-state index contributed by atoms with van der Waals surface area (Å²) in [6, 6.07) is 17.3. The summed E-state index contributed by atoms with van der Waals surface area (Å²) in [7, 11) is 0. The molecule has 248 valence electrons. The Labute approximate surface area is 278 Å². The number of benzene rings is 2. The van der Waals surface area contributed by atoms with Crippen molar-refractivity contribution in [3.05, 3.63) is 94.9 Å². The van der Waals surface area contributed by atoms with E-state index in [4.69, 9.17) is 4.74 Å². The minimum Gasteiger partial charge on any atom is -0.492 e. The van der Waals surface area contributed by atoms with Gasteiger partial charge in [-0.15, -0.1) is 6.58 Å². The summed E-state index contributed by atoms with van der Waals surface area (Å²) >= 11 is 0. The topological polar surface area (TPSA) is 88.5 Å². The summed E-state index contributed by atoms with van der Waals surface area (Å²) in [5, 5.41) is 6.91. The second-order valence-corrected chi connectivity index (χ2v) is 13.0. The van der Waals surface area contributed by atoms with Crippen LogP contribution in [0.25, 0.3) is 22.2 Å². The highest BCUT2D eigenvalue weighted by Gasteiger charge is 2.23. The first-order valence-corrected chi connectivity index (χ1v) is 17.1. The van der Waals surface area contributed by atoms with E-state index in [0.29, 0.717) is 24.4 Å². The number of piperidine rings is 1. The highest BCUT2D eigenvalue weighted by atomic mass is 16.5. The predicted molar refractivity (Wildman–Crippen MR) is 194 cm³/mol. The van der Waals surface area contributed by atoms with Gasteiger partial charge >= 0.3 is 6.03 Å². The SMILES string of the molecule is C=CCCCn1c(=O)c(NC(=O)Nc2c(C(C)C)cccc2C(C)C)c(-c2cccc(OCCN3CCCCC3)c2)c2cccnc21. The van der Waals surface area contributed by atoms with Gasteiger partial charge in [-0.25, -0.2) is 9.78 Å². The van der Waals surface area contributed by atoms with Crippen LogP contribution in [0.15, 0.2) is 78.2 Å². The van der Waals surface area contributed by atoms with E-state index in [-0.39, 0.29) is 23.1 Å². The van der Waals surface area contributed by atoms with Crippen LogP contribution in [0.1, 0.15) is 82.8 Å². The minimum atomic E-state index is -0.465. The lowest BCUT2D eigenvalue weighted by atomic mass is 9.93. The van der Waals surface area contributed by atoms with Gasteiger partial charge in [0, 0.05) is 35.9 Å². The molecule has 0 aliphatic carbocycles. The van der Waals surface area contributed by atoms with E-state index in [1.165, 1.54) is 19.3 Å². The van der Waals surface area contributed by atoms with E-state index in [9.17, 15) is 9.59 Å². The Hall–Kier alpha value is -4.43. The molecule has 2 N–H and O–H groups in total. The summed E-state index contributed by atoms with van der Waals surface area (Å²) in [5.74, 6) is 1.12. The molecule has 2 aromatic carbocycles. The summed E-state index contributed by atoms with van der Waals surface area (Å²) in [4.78, 5) is 35.4. The molecule has 8 heteroatoms. The zero-order chi connectivity index (χ0) is 33.3. The van der Waals surface area contributed by atoms with Crippen LogP contribution in [-0.4, -0.2) is 46.7 Å². The normalized spacial score (nSPS) is 13.7. The highest BCUT2D eigenvalue weighted by Crippen LogP contribution is 2.36. The molecule has 8 nitrogen and oxygen atoms in total. The van der Waals surface area contributed by atoms with Gasteiger partial charge in [-0.05, 0) is 91.6 Å². The Morgan fingerprint density at radius 3 is 2.34 bits per heavy atom. The number of nitrogens with one attached hydrogen (secondary N) is 2. The van der Waals surface area contributed by atoms with Crippen LogP contribution in [0.4, 0.5) is 16.2 Å². The number of hydrogen-bond donors (Lipinski definition) is 2. The first-order valence-electron chi connectivity index (χ1n) is 17.1. The third-order valence-corrected chi connectivity index (χ3v) is 8.91. The average molecular weight is 636 g/mol. The van der Waals surface area contributed by atoms with Crippen LogP contribution in [-0.2, 0) is 6.54 Å². The molecule has 0 unspecified atom stereocenters. The second kappa shape index (κ2) is 15.9. The fourth-order valence-electron chi connectivity index (χ4n) is 6.47. The third-order valence-electron chi connectivity index (χ3n) is 8.91. The Bertz CT molecular complexity index is 1730. The number of carbonyl (C=O) groups is 1. The lowest BCUT2D eigenvalue weighted by Crippen LogP contribution is -2.33. The van der Waals surface area contributed by atoms with Crippen molar-refractivity contribution < 1.29 is 9.53 Å². The number of unbranched alkanes of at least 4 members (excludes halogenated alkanes) is 1. The molecule has 0 saturated carbocycles. The number of likely N-dealkylation sites (tertiary alicyclic amines) is 1. The summed E-state index contributed by atoms with van der Waals surface area (Å²) in [6.07, 6.45) is 8.80. The monoisotopic (exact) mass is 635 g/mol. The van der Waals surface area contributed by atoms with Gasteiger partial charge in [-0.2, -0.15) is 0 Å². The number of hydrogen-bond acceptors (Lipinski definition) is 5. The minimum absolute atomic E-state index is 0.200. The lowest BCUT2D eigenvalue weighted by molar-refractivity contribution is 0.183. The lowest BCUT2D eigenvalue weighted by Gasteiger charge is -2.26. The molecule has 3 heterocycles. The number of amides is 2. The number of ether oxygens (including phenoxy) is 1. The predicted octanol–water partition coefficient (Wildman–Crippen LogP) is 8.79. The molecule has 2 amide bonds. The molecule has 47 heavy (non-hydrogen) atoms. The zero-order valence-electron chi connectivity index (χ0n) is 28.4. The Kier molecular flexibility index (Phi) is 11.5. The van der Waals surface area contributed by atoms with E-state index in [1.54, 1.807) is 10.8 Å². The Balaban J connectivity index is 1.55. The number of allylic oxidation sites excluding steroid dienone is 1. The molecule has 2 aromatic heterocycles. The van der Waals surface area contributed by atoms with Crippen LogP contribution in [0.5, 0.6) is 5.75 Å². The van der Waals surface area contributed by atoms with E-state index >= 15 is 0 Å². The maximum Gasteiger partial charge on any atom is 0.323 e. The first-order chi connectivity index (χ1) is 22.8. The van der Waals surface area contributed by atoms with Gasteiger partial charge in [-0.1, -0.05) is 70.5 Å². The number of aromatic nitrogens is 2. The van der Waals surface area contributed by atoms with Gasteiger partial charge in [0.25, 0.3) is 5.56 Å². The fourth-order valence-corrected chi connectivity index (χ4v) is 6.47.